The second-order valence-electron chi connectivity index (χ2n) is 7.66. The number of benzene rings is 3. The maximum atomic E-state index is 13.4. The van der Waals surface area contributed by atoms with Gasteiger partial charge in [0.1, 0.15) is 17.3 Å². The van der Waals surface area contributed by atoms with Gasteiger partial charge in [-0.3, -0.25) is 19.8 Å². The summed E-state index contributed by atoms with van der Waals surface area (Å²) in [4.78, 5) is 31.2. The number of hydrogen-bond acceptors (Lipinski definition) is 7. The van der Waals surface area contributed by atoms with Crippen LogP contribution in [0.2, 0.25) is 0 Å². The number of carbonyl (C=O) groups is 1. The quantitative estimate of drug-likeness (QED) is 0.168. The van der Waals surface area contributed by atoms with Crippen molar-refractivity contribution in [2.75, 3.05) is 12.0 Å². The van der Waals surface area contributed by atoms with Crippen molar-refractivity contribution in [1.29, 1.82) is 0 Å². The Morgan fingerprint density at radius 2 is 1.72 bits per heavy atom. The SMILES string of the molecule is COc1ccc(-c2ccc(C=C3SC(=Nc4ccccc4)N(c4ccccc4)C3=O)o2)c([N+](=O)[O-])c1. The normalized spacial score (nSPS) is 15.6. The van der Waals surface area contributed by atoms with E-state index < -0.39 is 4.92 Å². The second-order valence-corrected chi connectivity index (χ2v) is 8.67. The number of carbonyl (C=O) groups excluding carboxylic acids is 1. The summed E-state index contributed by atoms with van der Waals surface area (Å²) in [6.45, 7) is 0. The third-order valence-corrected chi connectivity index (χ3v) is 6.34. The molecule has 178 valence electrons. The topological polar surface area (TPSA) is 98.2 Å². The zero-order valence-corrected chi connectivity index (χ0v) is 19.8. The fourth-order valence-corrected chi connectivity index (χ4v) is 4.65. The highest BCUT2D eigenvalue weighted by Gasteiger charge is 2.35. The van der Waals surface area contributed by atoms with Crippen molar-refractivity contribution in [2.24, 2.45) is 4.99 Å². The lowest BCUT2D eigenvalue weighted by Crippen LogP contribution is -2.28. The van der Waals surface area contributed by atoms with E-state index in [0.29, 0.717) is 38.6 Å². The van der Waals surface area contributed by atoms with E-state index in [4.69, 9.17) is 9.15 Å². The molecular weight excluding hydrogens is 478 g/mol. The Kier molecular flexibility index (Phi) is 6.38. The summed E-state index contributed by atoms with van der Waals surface area (Å²) < 4.78 is 11.0. The third kappa shape index (κ3) is 4.64. The Hall–Kier alpha value is -4.63. The summed E-state index contributed by atoms with van der Waals surface area (Å²) >= 11 is 1.23. The first-order valence-corrected chi connectivity index (χ1v) is 11.7. The van der Waals surface area contributed by atoms with Gasteiger partial charge in [-0.2, -0.15) is 0 Å². The van der Waals surface area contributed by atoms with Crippen LogP contribution in [-0.2, 0) is 4.79 Å². The largest absolute Gasteiger partial charge is 0.497 e. The van der Waals surface area contributed by atoms with E-state index in [2.05, 4.69) is 4.99 Å². The zero-order chi connectivity index (χ0) is 25.1. The Morgan fingerprint density at radius 1 is 1.00 bits per heavy atom. The molecule has 2 heterocycles. The molecule has 0 unspecified atom stereocenters. The Morgan fingerprint density at radius 3 is 2.42 bits per heavy atom. The van der Waals surface area contributed by atoms with Gasteiger partial charge in [-0.25, -0.2) is 4.99 Å². The Balaban J connectivity index is 1.51. The lowest BCUT2D eigenvalue weighted by molar-refractivity contribution is -0.384. The number of anilines is 1. The van der Waals surface area contributed by atoms with Crippen LogP contribution in [0.25, 0.3) is 17.4 Å². The first-order chi connectivity index (χ1) is 17.5. The fraction of sp³-hybridized carbons (Fsp3) is 0.0370. The van der Waals surface area contributed by atoms with Gasteiger partial charge in [0, 0.05) is 6.08 Å². The van der Waals surface area contributed by atoms with Gasteiger partial charge in [0.05, 0.1) is 39.9 Å². The van der Waals surface area contributed by atoms with Crippen molar-refractivity contribution in [2.45, 2.75) is 0 Å². The average Bonchev–Trinajstić information content (AvgIpc) is 3.49. The molecule has 1 amide bonds. The number of methoxy groups -OCH3 is 1. The van der Waals surface area contributed by atoms with Crippen LogP contribution < -0.4 is 9.64 Å². The second kappa shape index (κ2) is 9.93. The molecule has 0 bridgehead atoms. The number of amides is 1. The number of furan rings is 1. The first kappa shape index (κ1) is 23.1. The number of aliphatic imine (C=N–C) groups is 1. The van der Waals surface area contributed by atoms with E-state index in [1.54, 1.807) is 35.2 Å². The molecule has 0 spiro atoms. The third-order valence-electron chi connectivity index (χ3n) is 5.37. The van der Waals surface area contributed by atoms with Gasteiger partial charge < -0.3 is 9.15 Å². The van der Waals surface area contributed by atoms with Crippen molar-refractivity contribution < 1.29 is 18.9 Å². The molecule has 36 heavy (non-hydrogen) atoms. The highest BCUT2D eigenvalue weighted by atomic mass is 32.2. The number of nitro groups is 1. The van der Waals surface area contributed by atoms with Crippen LogP contribution in [0.3, 0.4) is 0 Å². The summed E-state index contributed by atoms with van der Waals surface area (Å²) in [6.07, 6.45) is 1.62. The highest BCUT2D eigenvalue weighted by Crippen LogP contribution is 2.39. The minimum absolute atomic E-state index is 0.137. The van der Waals surface area contributed by atoms with E-state index in [-0.39, 0.29) is 11.6 Å². The van der Waals surface area contributed by atoms with E-state index in [1.165, 1.54) is 24.9 Å². The molecule has 0 atom stereocenters. The Bertz CT molecular complexity index is 1500. The molecule has 8 nitrogen and oxygen atoms in total. The van der Waals surface area contributed by atoms with Gasteiger partial charge in [-0.15, -0.1) is 0 Å². The van der Waals surface area contributed by atoms with Crippen LogP contribution in [0.5, 0.6) is 5.75 Å². The highest BCUT2D eigenvalue weighted by molar-refractivity contribution is 8.19. The van der Waals surface area contributed by atoms with Gasteiger partial charge in [-0.1, -0.05) is 36.4 Å². The summed E-state index contributed by atoms with van der Waals surface area (Å²) in [7, 11) is 1.44. The van der Waals surface area contributed by atoms with Crippen LogP contribution in [0, 0.1) is 10.1 Å². The molecule has 0 radical (unpaired) electrons. The predicted octanol–water partition coefficient (Wildman–Crippen LogP) is 6.67. The molecular formula is C27H19N3O5S. The van der Waals surface area contributed by atoms with Crippen molar-refractivity contribution in [3.05, 3.63) is 112 Å². The molecule has 0 aliphatic carbocycles. The smallest absolute Gasteiger partial charge is 0.284 e. The van der Waals surface area contributed by atoms with E-state index in [1.807, 2.05) is 60.7 Å². The zero-order valence-electron chi connectivity index (χ0n) is 19.0. The standard InChI is InChI=1S/C27H19N3O5S/c1-34-20-12-14-22(23(16-20)30(32)33)24-15-13-21(35-24)17-25-26(31)29(19-10-6-3-7-11-19)27(36-25)28-18-8-4-2-5-9-18/h2-17H,1H3. The summed E-state index contributed by atoms with van der Waals surface area (Å²) in [5.41, 5.74) is 1.60. The van der Waals surface area contributed by atoms with Gasteiger partial charge in [0.15, 0.2) is 5.17 Å². The number of para-hydroxylation sites is 2. The molecule has 0 N–H and O–H groups in total. The Labute approximate surface area is 210 Å². The summed E-state index contributed by atoms with van der Waals surface area (Å²) in [5.74, 6) is 0.831. The van der Waals surface area contributed by atoms with Gasteiger partial charge >= 0.3 is 0 Å². The molecule has 1 aromatic heterocycles. The van der Waals surface area contributed by atoms with E-state index in [0.717, 1.165) is 5.69 Å². The molecule has 1 aliphatic rings. The monoisotopic (exact) mass is 497 g/mol. The van der Waals surface area contributed by atoms with Crippen molar-refractivity contribution in [3.8, 4) is 17.1 Å². The molecule has 0 saturated carbocycles. The van der Waals surface area contributed by atoms with Gasteiger partial charge in [-0.05, 0) is 60.3 Å². The molecule has 4 aromatic rings. The molecule has 3 aromatic carbocycles. The molecule has 9 heteroatoms. The van der Waals surface area contributed by atoms with Crippen LogP contribution >= 0.6 is 11.8 Å². The number of rotatable bonds is 6. The molecule has 5 rings (SSSR count). The molecule has 1 fully saturated rings. The minimum Gasteiger partial charge on any atom is -0.497 e. The van der Waals surface area contributed by atoms with Crippen molar-refractivity contribution in [3.63, 3.8) is 0 Å². The maximum absolute atomic E-state index is 13.4. The van der Waals surface area contributed by atoms with Crippen LogP contribution in [-0.4, -0.2) is 23.1 Å². The van der Waals surface area contributed by atoms with Gasteiger partial charge in [0.25, 0.3) is 11.6 Å². The number of amidine groups is 1. The number of nitro benzene ring substituents is 1. The van der Waals surface area contributed by atoms with Gasteiger partial charge in [0.2, 0.25) is 0 Å². The van der Waals surface area contributed by atoms with Crippen molar-refractivity contribution in [1.82, 2.24) is 0 Å². The van der Waals surface area contributed by atoms with E-state index >= 15 is 0 Å². The molecule has 1 saturated heterocycles. The average molecular weight is 498 g/mol. The summed E-state index contributed by atoms with van der Waals surface area (Å²) in [5, 5.41) is 12.1. The van der Waals surface area contributed by atoms with Crippen molar-refractivity contribution >= 4 is 46.0 Å². The van der Waals surface area contributed by atoms with Crippen LogP contribution in [0.15, 0.2) is 105 Å². The summed E-state index contributed by atoms with van der Waals surface area (Å²) in [6, 6.07) is 26.5. The lowest BCUT2D eigenvalue weighted by Gasteiger charge is -2.15. The lowest BCUT2D eigenvalue weighted by atomic mass is 10.1. The maximum Gasteiger partial charge on any atom is 0.284 e. The minimum atomic E-state index is -0.487. The number of hydrogen-bond donors (Lipinski definition) is 0. The van der Waals surface area contributed by atoms with Crippen LogP contribution in [0.1, 0.15) is 5.76 Å². The first-order valence-electron chi connectivity index (χ1n) is 10.9. The predicted molar refractivity (Wildman–Crippen MR) is 140 cm³/mol. The number of ether oxygens (including phenoxy) is 1. The fourth-order valence-electron chi connectivity index (χ4n) is 3.67. The number of thioether (sulfide) groups is 1. The molecule has 1 aliphatic heterocycles. The van der Waals surface area contributed by atoms with E-state index in [9.17, 15) is 14.9 Å². The van der Waals surface area contributed by atoms with Crippen LogP contribution in [0.4, 0.5) is 17.1 Å². The number of nitrogens with zero attached hydrogens (tertiary/aromatic N) is 3.